The molecule has 4 aromatic rings. The number of carbonyl (C=O) groups excluding carboxylic acids is 1. The number of nitrogens with one attached hydrogen (secondary N) is 1. The number of amides is 1. The number of thiophene rings is 1. The monoisotopic (exact) mass is 531 g/mol. The number of hydrogen-bond donors (Lipinski definition) is 1. The molecule has 0 radical (unpaired) electrons. The van der Waals surface area contributed by atoms with Crippen LogP contribution in [0.4, 0.5) is 5.82 Å². The lowest BCUT2D eigenvalue weighted by Crippen LogP contribution is -2.38. The summed E-state index contributed by atoms with van der Waals surface area (Å²) >= 11 is 1.83. The van der Waals surface area contributed by atoms with Gasteiger partial charge in [0.1, 0.15) is 0 Å². The molecule has 38 heavy (non-hydrogen) atoms. The first-order valence-corrected chi connectivity index (χ1v) is 14.6. The lowest BCUT2D eigenvalue weighted by molar-refractivity contribution is -0.128. The van der Waals surface area contributed by atoms with E-state index in [9.17, 15) is 4.79 Å². The maximum absolute atomic E-state index is 12.0. The summed E-state index contributed by atoms with van der Waals surface area (Å²) in [7, 11) is 0. The van der Waals surface area contributed by atoms with E-state index in [1.807, 2.05) is 29.7 Å². The molecule has 198 valence electrons. The molecule has 0 atom stereocenters. The fourth-order valence-electron chi connectivity index (χ4n) is 6.07. The molecule has 3 fully saturated rings. The highest BCUT2D eigenvalue weighted by Gasteiger charge is 2.27. The van der Waals surface area contributed by atoms with Crippen LogP contribution in [0.2, 0.25) is 0 Å². The van der Waals surface area contributed by atoms with Crippen molar-refractivity contribution in [1.29, 1.82) is 0 Å². The van der Waals surface area contributed by atoms with E-state index in [4.69, 9.17) is 14.7 Å². The minimum atomic E-state index is 0.346. The number of ether oxygens (including phenoxy) is 1. The molecule has 3 aromatic heterocycles. The summed E-state index contributed by atoms with van der Waals surface area (Å²) in [5, 5.41) is 8.34. The fraction of sp³-hybridized carbons (Fsp3) is 0.500. The Labute approximate surface area is 225 Å². The Hall–Kier alpha value is -3.08. The van der Waals surface area contributed by atoms with Crippen molar-refractivity contribution in [2.24, 2.45) is 5.92 Å². The Bertz CT molecular complexity index is 1450. The summed E-state index contributed by atoms with van der Waals surface area (Å²) < 4.78 is 6.79. The summed E-state index contributed by atoms with van der Waals surface area (Å²) in [6.45, 7) is 8.09. The average Bonchev–Trinajstić information content (AvgIpc) is 3.69. The van der Waals surface area contributed by atoms with Crippen LogP contribution in [-0.4, -0.2) is 88.4 Å². The van der Waals surface area contributed by atoms with Gasteiger partial charge in [0, 0.05) is 55.0 Å². The van der Waals surface area contributed by atoms with Gasteiger partial charge in [-0.3, -0.25) is 14.8 Å². The quantitative estimate of drug-likeness (QED) is 0.404. The molecule has 3 saturated heterocycles. The Kier molecular flexibility index (Phi) is 6.46. The molecule has 0 bridgehead atoms. The summed E-state index contributed by atoms with van der Waals surface area (Å²) in [4.78, 5) is 30.5. The van der Waals surface area contributed by atoms with Gasteiger partial charge < -0.3 is 14.5 Å². The van der Waals surface area contributed by atoms with E-state index < -0.39 is 0 Å². The number of aromatic nitrogens is 4. The van der Waals surface area contributed by atoms with E-state index in [1.54, 1.807) is 0 Å². The van der Waals surface area contributed by atoms with Crippen molar-refractivity contribution in [2.75, 3.05) is 57.4 Å². The number of hydrogen-bond acceptors (Lipinski definition) is 8. The normalized spacial score (nSPS) is 19.8. The number of fused-ring (bicyclic) bond motifs is 2. The number of rotatable bonds is 6. The number of aromatic amines is 1. The maximum atomic E-state index is 12.0. The number of anilines is 1. The van der Waals surface area contributed by atoms with Crippen molar-refractivity contribution in [3.8, 4) is 11.4 Å². The van der Waals surface area contributed by atoms with E-state index >= 15 is 0 Å². The highest BCUT2D eigenvalue weighted by molar-refractivity contribution is 7.19. The molecule has 1 N–H and O–H groups in total. The molecule has 3 aliphatic rings. The second-order valence-electron chi connectivity index (χ2n) is 10.7. The fourth-order valence-corrected chi connectivity index (χ4v) is 7.23. The molecular weight excluding hydrogens is 498 g/mol. The average molecular weight is 532 g/mol. The molecule has 1 amide bonds. The topological polar surface area (TPSA) is 90.5 Å². The van der Waals surface area contributed by atoms with Gasteiger partial charge in [-0.05, 0) is 50.4 Å². The van der Waals surface area contributed by atoms with Crippen molar-refractivity contribution in [3.05, 3.63) is 35.3 Å². The van der Waals surface area contributed by atoms with Crippen molar-refractivity contribution in [2.45, 2.75) is 32.2 Å². The van der Waals surface area contributed by atoms with Crippen molar-refractivity contribution < 1.29 is 9.53 Å². The summed E-state index contributed by atoms with van der Waals surface area (Å²) in [6, 6.07) is 8.40. The van der Waals surface area contributed by atoms with Crippen molar-refractivity contribution in [1.82, 2.24) is 30.0 Å². The minimum absolute atomic E-state index is 0.346. The van der Waals surface area contributed by atoms with Crippen LogP contribution in [0.5, 0.6) is 0 Å². The zero-order valence-electron chi connectivity index (χ0n) is 21.6. The van der Waals surface area contributed by atoms with Gasteiger partial charge >= 0.3 is 0 Å². The summed E-state index contributed by atoms with van der Waals surface area (Å²) in [5.74, 6) is 2.73. The lowest BCUT2D eigenvalue weighted by Gasteiger charge is -2.33. The van der Waals surface area contributed by atoms with E-state index in [2.05, 4.69) is 37.0 Å². The predicted molar refractivity (Wildman–Crippen MR) is 149 cm³/mol. The third-order valence-electron chi connectivity index (χ3n) is 8.18. The van der Waals surface area contributed by atoms with Gasteiger partial charge in [0.25, 0.3) is 0 Å². The number of H-pyrrole nitrogens is 1. The predicted octanol–water partition coefficient (Wildman–Crippen LogP) is 3.91. The molecule has 0 saturated carbocycles. The van der Waals surface area contributed by atoms with Crippen LogP contribution in [0.1, 0.15) is 30.6 Å². The maximum Gasteiger partial charge on any atom is 0.222 e. The molecule has 3 aliphatic heterocycles. The Morgan fingerprint density at radius 3 is 2.76 bits per heavy atom. The Morgan fingerprint density at radius 1 is 1.08 bits per heavy atom. The van der Waals surface area contributed by atoms with Gasteiger partial charge in [-0.2, -0.15) is 5.10 Å². The van der Waals surface area contributed by atoms with Gasteiger partial charge in [0.05, 0.1) is 35.1 Å². The SMILES string of the molecule is O=C1CCCN1CC1CCN(Cc2cc3nc(-c4cccc5[nH]ncc45)nc(N4CCOCC4)c3s2)CC1. The van der Waals surface area contributed by atoms with E-state index in [1.165, 1.54) is 4.88 Å². The van der Waals surface area contributed by atoms with Crippen LogP contribution in [0.15, 0.2) is 30.5 Å². The molecular formula is C28H33N7O2S. The number of nitrogens with zero attached hydrogens (tertiary/aromatic N) is 6. The van der Waals surface area contributed by atoms with Crippen LogP contribution in [0.3, 0.4) is 0 Å². The highest BCUT2D eigenvalue weighted by atomic mass is 32.1. The van der Waals surface area contributed by atoms with Crippen molar-refractivity contribution in [3.63, 3.8) is 0 Å². The van der Waals surface area contributed by atoms with E-state index in [0.717, 1.165) is 110 Å². The molecule has 9 nitrogen and oxygen atoms in total. The van der Waals surface area contributed by atoms with Crippen LogP contribution >= 0.6 is 11.3 Å². The van der Waals surface area contributed by atoms with E-state index in [-0.39, 0.29) is 0 Å². The number of carbonyl (C=O) groups is 1. The van der Waals surface area contributed by atoms with Gasteiger partial charge in [-0.15, -0.1) is 11.3 Å². The van der Waals surface area contributed by atoms with Crippen LogP contribution in [0.25, 0.3) is 32.5 Å². The zero-order chi connectivity index (χ0) is 25.5. The van der Waals surface area contributed by atoms with Gasteiger partial charge in [-0.25, -0.2) is 9.97 Å². The van der Waals surface area contributed by atoms with E-state index in [0.29, 0.717) is 25.0 Å². The largest absolute Gasteiger partial charge is 0.378 e. The number of morpholine rings is 1. The van der Waals surface area contributed by atoms with Gasteiger partial charge in [0.15, 0.2) is 11.6 Å². The molecule has 0 spiro atoms. The van der Waals surface area contributed by atoms with Crippen molar-refractivity contribution >= 4 is 44.2 Å². The molecule has 6 heterocycles. The molecule has 0 unspecified atom stereocenters. The molecule has 0 aliphatic carbocycles. The van der Waals surface area contributed by atoms with Crippen LogP contribution in [0, 0.1) is 5.92 Å². The minimum Gasteiger partial charge on any atom is -0.378 e. The smallest absolute Gasteiger partial charge is 0.222 e. The zero-order valence-corrected chi connectivity index (χ0v) is 22.4. The third kappa shape index (κ3) is 4.65. The Balaban J connectivity index is 1.14. The first-order chi connectivity index (χ1) is 18.7. The second kappa shape index (κ2) is 10.2. The lowest BCUT2D eigenvalue weighted by atomic mass is 9.96. The first kappa shape index (κ1) is 24.0. The molecule has 1 aromatic carbocycles. The molecule has 10 heteroatoms. The Morgan fingerprint density at radius 2 is 1.95 bits per heavy atom. The summed E-state index contributed by atoms with van der Waals surface area (Å²) in [6.07, 6.45) is 5.94. The van der Waals surface area contributed by atoms with Gasteiger partial charge in [-0.1, -0.05) is 12.1 Å². The van der Waals surface area contributed by atoms with Gasteiger partial charge in [0.2, 0.25) is 5.91 Å². The van der Waals surface area contributed by atoms with Crippen LogP contribution in [-0.2, 0) is 16.1 Å². The highest BCUT2D eigenvalue weighted by Crippen LogP contribution is 2.36. The number of likely N-dealkylation sites (tertiary alicyclic amines) is 2. The third-order valence-corrected chi connectivity index (χ3v) is 9.28. The number of benzene rings is 1. The summed E-state index contributed by atoms with van der Waals surface area (Å²) in [5.41, 5.74) is 3.00. The molecule has 7 rings (SSSR count). The standard InChI is InChI=1S/C28H33N7O2S/c36-25-5-2-8-35(25)17-19-6-9-33(10-7-19)18-20-15-24-26(38-20)28(34-11-13-37-14-12-34)31-27(30-24)21-3-1-4-23-22(21)16-29-32-23/h1,3-4,15-16,19H,2,5-14,17-18H2,(H,29,32). The first-order valence-electron chi connectivity index (χ1n) is 13.8. The van der Waals surface area contributed by atoms with Crippen LogP contribution < -0.4 is 4.90 Å². The second-order valence-corrected chi connectivity index (χ2v) is 11.8. The number of piperidine rings is 1.